The lowest BCUT2D eigenvalue weighted by Gasteiger charge is -2.14. The van der Waals surface area contributed by atoms with Gasteiger partial charge in [0.2, 0.25) is 0 Å². The topological polar surface area (TPSA) is 94.8 Å². The molecule has 37 heavy (non-hydrogen) atoms. The minimum Gasteiger partial charge on any atom is -0.493 e. The van der Waals surface area contributed by atoms with Crippen LogP contribution in [0, 0.1) is 13.8 Å². The number of nitrogens with one attached hydrogen (secondary N) is 1. The number of fused-ring (bicyclic) bond motifs is 1. The molecule has 7 heteroatoms. The summed E-state index contributed by atoms with van der Waals surface area (Å²) in [6.07, 6.45) is 0.667. The Morgan fingerprint density at radius 2 is 1.76 bits per heavy atom. The number of aryl methyl sites for hydroxylation is 2. The number of hydrogen-bond donors (Lipinski definition) is 1. The van der Waals surface area contributed by atoms with Gasteiger partial charge in [0.15, 0.2) is 0 Å². The van der Waals surface area contributed by atoms with E-state index in [4.69, 9.17) is 13.9 Å². The summed E-state index contributed by atoms with van der Waals surface area (Å²) >= 11 is 0. The van der Waals surface area contributed by atoms with Crippen LogP contribution in [0.4, 0.5) is 0 Å². The number of benzene rings is 3. The van der Waals surface area contributed by atoms with E-state index in [-0.39, 0.29) is 29.4 Å². The van der Waals surface area contributed by atoms with Gasteiger partial charge in [-0.05, 0) is 68.1 Å². The monoisotopic (exact) mass is 499 g/mol. The first-order valence-electron chi connectivity index (χ1n) is 12.1. The van der Waals surface area contributed by atoms with E-state index in [1.165, 1.54) is 12.1 Å². The molecule has 0 saturated heterocycles. The van der Waals surface area contributed by atoms with Crippen molar-refractivity contribution >= 4 is 22.8 Å². The van der Waals surface area contributed by atoms with Crippen LogP contribution in [0.2, 0.25) is 0 Å². The van der Waals surface area contributed by atoms with Gasteiger partial charge in [-0.25, -0.2) is 4.79 Å². The van der Waals surface area contributed by atoms with E-state index in [1.807, 2.05) is 69.3 Å². The van der Waals surface area contributed by atoms with Crippen LogP contribution in [0.1, 0.15) is 52.9 Å². The van der Waals surface area contributed by atoms with E-state index in [9.17, 15) is 14.4 Å². The molecule has 1 amide bonds. The Kier molecular flexibility index (Phi) is 8.03. The smallest absolute Gasteiger partial charge is 0.349 e. The predicted molar refractivity (Wildman–Crippen MR) is 141 cm³/mol. The Morgan fingerprint density at radius 3 is 2.54 bits per heavy atom. The standard InChI is InChI=1S/C30H29NO6/c1-19-11-12-20(2)26(16-19)35-15-7-10-28(32)36-24-14-13-23-17-25(30(34)37-27(23)18-24)29(33)31-21(3)22-8-5-4-6-9-22/h4-6,8-9,11-14,16-18,21H,7,10,15H2,1-3H3,(H,31,33). The van der Waals surface area contributed by atoms with Crippen LogP contribution in [0.3, 0.4) is 0 Å². The molecule has 4 aromatic rings. The molecule has 1 atom stereocenters. The average molecular weight is 500 g/mol. The fourth-order valence-corrected chi connectivity index (χ4v) is 3.86. The minimum absolute atomic E-state index is 0.0936. The molecule has 7 nitrogen and oxygen atoms in total. The molecule has 0 bridgehead atoms. The van der Waals surface area contributed by atoms with Crippen molar-refractivity contribution in [3.8, 4) is 11.5 Å². The fraction of sp³-hybridized carbons (Fsp3) is 0.233. The average Bonchev–Trinajstić information content (AvgIpc) is 2.88. The molecule has 0 radical (unpaired) electrons. The van der Waals surface area contributed by atoms with Crippen LogP contribution >= 0.6 is 0 Å². The van der Waals surface area contributed by atoms with Gasteiger partial charge in [0.1, 0.15) is 22.6 Å². The summed E-state index contributed by atoms with van der Waals surface area (Å²) in [5.74, 6) is 0.120. The first-order valence-corrected chi connectivity index (χ1v) is 12.1. The van der Waals surface area contributed by atoms with Crippen molar-refractivity contribution in [2.75, 3.05) is 6.61 Å². The predicted octanol–water partition coefficient (Wildman–Crippen LogP) is 5.67. The summed E-state index contributed by atoms with van der Waals surface area (Å²) in [7, 11) is 0. The highest BCUT2D eigenvalue weighted by Gasteiger charge is 2.17. The number of rotatable bonds is 9. The lowest BCUT2D eigenvalue weighted by atomic mass is 10.1. The van der Waals surface area contributed by atoms with Crippen molar-refractivity contribution in [3.63, 3.8) is 0 Å². The summed E-state index contributed by atoms with van der Waals surface area (Å²) in [5.41, 5.74) is 2.43. The second-order valence-electron chi connectivity index (χ2n) is 8.95. The number of hydrogen-bond acceptors (Lipinski definition) is 6. The molecule has 0 aliphatic carbocycles. The first-order chi connectivity index (χ1) is 17.8. The Balaban J connectivity index is 1.35. The molecule has 1 unspecified atom stereocenters. The largest absolute Gasteiger partial charge is 0.493 e. The highest BCUT2D eigenvalue weighted by Crippen LogP contribution is 2.22. The number of carbonyl (C=O) groups excluding carboxylic acids is 2. The molecule has 0 spiro atoms. The Hall–Kier alpha value is -4.39. The molecule has 0 fully saturated rings. The summed E-state index contributed by atoms with van der Waals surface area (Å²) in [6.45, 7) is 6.20. The van der Waals surface area contributed by atoms with E-state index in [0.29, 0.717) is 18.4 Å². The molecule has 4 rings (SSSR count). The normalized spacial score (nSPS) is 11.6. The third kappa shape index (κ3) is 6.64. The summed E-state index contributed by atoms with van der Waals surface area (Å²) in [4.78, 5) is 37.5. The van der Waals surface area contributed by atoms with E-state index in [1.54, 1.807) is 12.1 Å². The zero-order chi connectivity index (χ0) is 26.4. The molecule has 0 aliphatic heterocycles. The van der Waals surface area contributed by atoms with Crippen molar-refractivity contribution in [2.24, 2.45) is 0 Å². The van der Waals surface area contributed by atoms with Crippen LogP contribution in [0.15, 0.2) is 82.0 Å². The zero-order valence-corrected chi connectivity index (χ0v) is 21.1. The molecule has 3 aromatic carbocycles. The maximum atomic E-state index is 12.7. The van der Waals surface area contributed by atoms with Gasteiger partial charge in [-0.15, -0.1) is 0 Å². The van der Waals surface area contributed by atoms with Crippen LogP contribution in [0.5, 0.6) is 11.5 Å². The molecular weight excluding hydrogens is 470 g/mol. The minimum atomic E-state index is -0.766. The lowest BCUT2D eigenvalue weighted by Crippen LogP contribution is -2.30. The van der Waals surface area contributed by atoms with Crippen LogP contribution in [-0.2, 0) is 4.79 Å². The summed E-state index contributed by atoms with van der Waals surface area (Å²) < 4.78 is 16.5. The van der Waals surface area contributed by atoms with Crippen molar-refractivity contribution < 1.29 is 23.5 Å². The zero-order valence-electron chi connectivity index (χ0n) is 21.1. The third-order valence-electron chi connectivity index (χ3n) is 5.96. The van der Waals surface area contributed by atoms with Gasteiger partial charge in [0, 0.05) is 17.9 Å². The van der Waals surface area contributed by atoms with E-state index >= 15 is 0 Å². The quantitative estimate of drug-likeness (QED) is 0.138. The van der Waals surface area contributed by atoms with Gasteiger partial charge >= 0.3 is 11.6 Å². The van der Waals surface area contributed by atoms with Crippen molar-refractivity contribution in [2.45, 2.75) is 39.7 Å². The van der Waals surface area contributed by atoms with Gasteiger partial charge in [0.05, 0.1) is 12.6 Å². The lowest BCUT2D eigenvalue weighted by molar-refractivity contribution is -0.134. The number of amides is 1. The van der Waals surface area contributed by atoms with Gasteiger partial charge in [-0.2, -0.15) is 0 Å². The highest BCUT2D eigenvalue weighted by molar-refractivity contribution is 5.97. The van der Waals surface area contributed by atoms with Gasteiger partial charge in [-0.3, -0.25) is 9.59 Å². The molecule has 1 aromatic heterocycles. The first kappa shape index (κ1) is 25.7. The molecule has 1 heterocycles. The molecule has 190 valence electrons. The van der Waals surface area contributed by atoms with E-state index in [2.05, 4.69) is 5.32 Å². The second-order valence-corrected chi connectivity index (χ2v) is 8.95. The van der Waals surface area contributed by atoms with Crippen molar-refractivity contribution in [1.29, 1.82) is 0 Å². The van der Waals surface area contributed by atoms with Crippen molar-refractivity contribution in [1.82, 2.24) is 5.32 Å². The molecule has 0 saturated carbocycles. The van der Waals surface area contributed by atoms with Crippen LogP contribution < -0.4 is 20.4 Å². The molecule has 1 N–H and O–H groups in total. The SMILES string of the molecule is Cc1ccc(C)c(OCCCC(=O)Oc2ccc3cc(C(=O)NC(C)c4ccccc4)c(=O)oc3c2)c1. The van der Waals surface area contributed by atoms with Gasteiger partial charge in [0.25, 0.3) is 5.91 Å². The Bertz CT molecular complexity index is 1470. The molecular formula is C30H29NO6. The summed E-state index contributed by atoms with van der Waals surface area (Å²) in [6, 6.07) is 21.3. The fourth-order valence-electron chi connectivity index (χ4n) is 3.86. The third-order valence-corrected chi connectivity index (χ3v) is 5.96. The maximum Gasteiger partial charge on any atom is 0.349 e. The second kappa shape index (κ2) is 11.6. The molecule has 0 aliphatic rings. The number of carbonyl (C=O) groups is 2. The van der Waals surface area contributed by atoms with E-state index in [0.717, 1.165) is 22.4 Å². The van der Waals surface area contributed by atoms with Crippen LogP contribution in [-0.4, -0.2) is 18.5 Å². The Morgan fingerprint density at radius 1 is 0.973 bits per heavy atom. The number of esters is 1. The van der Waals surface area contributed by atoms with Gasteiger partial charge in [-0.1, -0.05) is 42.5 Å². The van der Waals surface area contributed by atoms with Gasteiger partial charge < -0.3 is 19.2 Å². The van der Waals surface area contributed by atoms with Crippen LogP contribution in [0.25, 0.3) is 11.0 Å². The number of ether oxygens (including phenoxy) is 2. The summed E-state index contributed by atoms with van der Waals surface area (Å²) in [5, 5.41) is 3.36. The maximum absolute atomic E-state index is 12.7. The highest BCUT2D eigenvalue weighted by atomic mass is 16.5. The van der Waals surface area contributed by atoms with Crippen molar-refractivity contribution in [3.05, 3.63) is 105 Å². The van der Waals surface area contributed by atoms with E-state index < -0.39 is 17.5 Å². The Labute approximate surface area is 215 Å².